The molecule has 98 valence electrons. The Balaban J connectivity index is 2.35. The number of hydrogen-bond acceptors (Lipinski definition) is 4. The van der Waals surface area contributed by atoms with Gasteiger partial charge in [0.1, 0.15) is 0 Å². The van der Waals surface area contributed by atoms with Crippen LogP contribution in [-0.4, -0.2) is 48.3 Å². The fraction of sp³-hybridized carbons (Fsp3) is 0.769. The van der Waals surface area contributed by atoms with Crippen LogP contribution in [0.4, 0.5) is 0 Å². The number of esters is 1. The highest BCUT2D eigenvalue weighted by molar-refractivity contribution is 5.81. The van der Waals surface area contributed by atoms with E-state index in [4.69, 9.17) is 9.84 Å². The first-order valence-corrected chi connectivity index (χ1v) is 6.46. The monoisotopic (exact) mass is 241 g/mol. The van der Waals surface area contributed by atoms with Crippen molar-refractivity contribution in [2.45, 2.75) is 38.6 Å². The molecule has 1 fully saturated rings. The van der Waals surface area contributed by atoms with E-state index in [9.17, 15) is 4.79 Å². The van der Waals surface area contributed by atoms with Crippen LogP contribution in [0.5, 0.6) is 0 Å². The number of ether oxygens (including phenoxy) is 1. The third-order valence-corrected chi connectivity index (χ3v) is 3.11. The first-order chi connectivity index (χ1) is 8.27. The highest BCUT2D eigenvalue weighted by Gasteiger charge is 2.20. The summed E-state index contributed by atoms with van der Waals surface area (Å²) in [7, 11) is 0. The van der Waals surface area contributed by atoms with Crippen molar-refractivity contribution < 1.29 is 14.6 Å². The summed E-state index contributed by atoms with van der Waals surface area (Å²) in [4.78, 5) is 13.4. The number of carbonyl (C=O) groups excluding carboxylic acids is 1. The van der Waals surface area contributed by atoms with Gasteiger partial charge in [0.05, 0.1) is 13.2 Å². The molecule has 0 aliphatic heterocycles. The van der Waals surface area contributed by atoms with Gasteiger partial charge in [-0.05, 0) is 19.8 Å². The SMILES string of the molecule is CCOC(=O)/C=C/CN(CCO)C1CCCC1. The van der Waals surface area contributed by atoms with Crippen molar-refractivity contribution in [3.05, 3.63) is 12.2 Å². The van der Waals surface area contributed by atoms with Gasteiger partial charge in [-0.3, -0.25) is 4.90 Å². The highest BCUT2D eigenvalue weighted by Crippen LogP contribution is 2.22. The minimum Gasteiger partial charge on any atom is -0.463 e. The number of rotatable bonds is 7. The standard InChI is InChI=1S/C13H23NO3/c1-2-17-13(16)8-5-9-14(10-11-15)12-6-3-4-7-12/h5,8,12,15H,2-4,6-7,9-11H2,1H3/b8-5+. The quantitative estimate of drug-likeness (QED) is 0.540. The van der Waals surface area contributed by atoms with Crippen molar-refractivity contribution in [2.75, 3.05) is 26.3 Å². The number of carbonyl (C=O) groups is 1. The molecule has 0 aromatic carbocycles. The van der Waals surface area contributed by atoms with Gasteiger partial charge in [0, 0.05) is 25.2 Å². The molecule has 0 saturated heterocycles. The van der Waals surface area contributed by atoms with Crippen LogP contribution in [0.15, 0.2) is 12.2 Å². The van der Waals surface area contributed by atoms with Gasteiger partial charge in [-0.1, -0.05) is 18.9 Å². The maximum atomic E-state index is 11.1. The Kier molecular flexibility index (Phi) is 6.89. The summed E-state index contributed by atoms with van der Waals surface area (Å²) in [6.07, 6.45) is 8.25. The maximum Gasteiger partial charge on any atom is 0.330 e. The van der Waals surface area contributed by atoms with E-state index >= 15 is 0 Å². The minimum absolute atomic E-state index is 0.170. The minimum atomic E-state index is -0.289. The summed E-state index contributed by atoms with van der Waals surface area (Å²) in [5.74, 6) is -0.289. The Morgan fingerprint density at radius 3 is 2.76 bits per heavy atom. The molecule has 0 aromatic rings. The van der Waals surface area contributed by atoms with Crippen LogP contribution < -0.4 is 0 Å². The van der Waals surface area contributed by atoms with Crippen LogP contribution in [0.2, 0.25) is 0 Å². The zero-order chi connectivity index (χ0) is 12.5. The lowest BCUT2D eigenvalue weighted by Gasteiger charge is -2.26. The molecule has 0 atom stereocenters. The topological polar surface area (TPSA) is 49.8 Å². The molecule has 0 spiro atoms. The van der Waals surface area contributed by atoms with Crippen LogP contribution in [0, 0.1) is 0 Å². The van der Waals surface area contributed by atoms with E-state index in [1.807, 2.05) is 6.08 Å². The van der Waals surface area contributed by atoms with Crippen molar-refractivity contribution >= 4 is 5.97 Å². The average molecular weight is 241 g/mol. The van der Waals surface area contributed by atoms with Crippen molar-refractivity contribution in [2.24, 2.45) is 0 Å². The summed E-state index contributed by atoms with van der Waals surface area (Å²) in [6, 6.07) is 0.564. The Morgan fingerprint density at radius 1 is 1.47 bits per heavy atom. The lowest BCUT2D eigenvalue weighted by atomic mass is 10.2. The second-order valence-corrected chi connectivity index (χ2v) is 4.31. The molecule has 1 rings (SSSR count). The molecule has 0 aromatic heterocycles. The van der Waals surface area contributed by atoms with Gasteiger partial charge in [-0.2, -0.15) is 0 Å². The van der Waals surface area contributed by atoms with E-state index in [0.717, 1.165) is 0 Å². The normalized spacial score (nSPS) is 17.1. The highest BCUT2D eigenvalue weighted by atomic mass is 16.5. The zero-order valence-electron chi connectivity index (χ0n) is 10.6. The molecule has 4 heteroatoms. The number of hydrogen-bond donors (Lipinski definition) is 1. The fourth-order valence-electron chi connectivity index (χ4n) is 2.30. The molecule has 0 heterocycles. The van der Waals surface area contributed by atoms with Gasteiger partial charge in [0.25, 0.3) is 0 Å². The Hall–Kier alpha value is -0.870. The molecule has 1 aliphatic carbocycles. The van der Waals surface area contributed by atoms with E-state index in [1.165, 1.54) is 31.8 Å². The summed E-state index contributed by atoms with van der Waals surface area (Å²) in [5, 5.41) is 9.03. The van der Waals surface area contributed by atoms with Crippen molar-refractivity contribution in [1.29, 1.82) is 0 Å². The Morgan fingerprint density at radius 2 is 2.18 bits per heavy atom. The molecule has 1 N–H and O–H groups in total. The summed E-state index contributed by atoms with van der Waals surface area (Å²) in [5.41, 5.74) is 0. The summed E-state index contributed by atoms with van der Waals surface area (Å²) >= 11 is 0. The molecule has 0 bridgehead atoms. The predicted molar refractivity (Wildman–Crippen MR) is 66.7 cm³/mol. The first-order valence-electron chi connectivity index (χ1n) is 6.46. The van der Waals surface area contributed by atoms with Gasteiger partial charge in [-0.15, -0.1) is 0 Å². The molecular weight excluding hydrogens is 218 g/mol. The largest absolute Gasteiger partial charge is 0.463 e. The number of aliphatic hydroxyl groups is 1. The maximum absolute atomic E-state index is 11.1. The van der Waals surface area contributed by atoms with Crippen molar-refractivity contribution in [3.63, 3.8) is 0 Å². The average Bonchev–Trinajstić information content (AvgIpc) is 2.81. The van der Waals surface area contributed by atoms with Crippen LogP contribution in [0.25, 0.3) is 0 Å². The third kappa shape index (κ3) is 5.33. The van der Waals surface area contributed by atoms with E-state index in [1.54, 1.807) is 6.92 Å². The van der Waals surface area contributed by atoms with Crippen LogP contribution in [-0.2, 0) is 9.53 Å². The molecule has 0 unspecified atom stereocenters. The molecular formula is C13H23NO3. The lowest BCUT2D eigenvalue weighted by Crippen LogP contribution is -2.35. The molecule has 0 radical (unpaired) electrons. The zero-order valence-corrected chi connectivity index (χ0v) is 10.6. The second kappa shape index (κ2) is 8.25. The molecule has 4 nitrogen and oxygen atoms in total. The van der Waals surface area contributed by atoms with E-state index < -0.39 is 0 Å². The van der Waals surface area contributed by atoms with Crippen LogP contribution >= 0.6 is 0 Å². The molecule has 1 saturated carbocycles. The van der Waals surface area contributed by atoms with E-state index in [0.29, 0.717) is 25.7 Å². The first kappa shape index (κ1) is 14.2. The van der Waals surface area contributed by atoms with E-state index in [-0.39, 0.29) is 12.6 Å². The molecule has 0 amide bonds. The van der Waals surface area contributed by atoms with Crippen LogP contribution in [0.3, 0.4) is 0 Å². The third-order valence-electron chi connectivity index (χ3n) is 3.11. The van der Waals surface area contributed by atoms with E-state index in [2.05, 4.69) is 4.90 Å². The van der Waals surface area contributed by atoms with Crippen molar-refractivity contribution in [1.82, 2.24) is 4.90 Å². The second-order valence-electron chi connectivity index (χ2n) is 4.31. The van der Waals surface area contributed by atoms with Gasteiger partial charge in [0.15, 0.2) is 0 Å². The number of aliphatic hydroxyl groups excluding tert-OH is 1. The number of nitrogens with zero attached hydrogens (tertiary/aromatic N) is 1. The lowest BCUT2D eigenvalue weighted by molar-refractivity contribution is -0.137. The van der Waals surface area contributed by atoms with Crippen LogP contribution in [0.1, 0.15) is 32.6 Å². The molecule has 17 heavy (non-hydrogen) atoms. The van der Waals surface area contributed by atoms with Gasteiger partial charge in [0.2, 0.25) is 0 Å². The van der Waals surface area contributed by atoms with Gasteiger partial charge in [-0.25, -0.2) is 4.79 Å². The fourth-order valence-corrected chi connectivity index (χ4v) is 2.30. The summed E-state index contributed by atoms with van der Waals surface area (Å²) in [6.45, 7) is 3.76. The van der Waals surface area contributed by atoms with Crippen molar-refractivity contribution in [3.8, 4) is 0 Å². The van der Waals surface area contributed by atoms with Gasteiger partial charge >= 0.3 is 5.97 Å². The Bertz CT molecular complexity index is 247. The smallest absolute Gasteiger partial charge is 0.330 e. The van der Waals surface area contributed by atoms with Gasteiger partial charge < -0.3 is 9.84 Å². The molecule has 1 aliphatic rings. The summed E-state index contributed by atoms with van der Waals surface area (Å²) < 4.78 is 4.82. The predicted octanol–water partition coefficient (Wildman–Crippen LogP) is 1.34. The Labute approximate surface area is 103 Å².